The van der Waals surface area contributed by atoms with Crippen molar-refractivity contribution in [1.29, 1.82) is 0 Å². The average molecular weight is 346 g/mol. The Balaban J connectivity index is 1.87. The number of amides is 2. The monoisotopic (exact) mass is 346 g/mol. The Labute approximate surface area is 141 Å². The molecule has 1 aromatic heterocycles. The highest BCUT2D eigenvalue weighted by Gasteiger charge is 2.28. The van der Waals surface area contributed by atoms with Gasteiger partial charge in [0.25, 0.3) is 11.5 Å². The van der Waals surface area contributed by atoms with Crippen LogP contribution in [-0.4, -0.2) is 33.5 Å². The van der Waals surface area contributed by atoms with Crippen molar-refractivity contribution in [2.24, 2.45) is 0 Å². The highest BCUT2D eigenvalue weighted by molar-refractivity contribution is 5.96. The largest absolute Gasteiger partial charge is 0.501 e. The zero-order chi connectivity index (χ0) is 18.1. The van der Waals surface area contributed by atoms with Crippen molar-refractivity contribution in [2.75, 3.05) is 11.9 Å². The fourth-order valence-corrected chi connectivity index (χ4v) is 2.50. The van der Waals surface area contributed by atoms with E-state index in [1.54, 1.807) is 0 Å². The molecule has 3 rings (SSSR count). The van der Waals surface area contributed by atoms with Crippen molar-refractivity contribution < 1.29 is 19.1 Å². The van der Waals surface area contributed by atoms with Crippen LogP contribution in [0.1, 0.15) is 22.5 Å². The maximum Gasteiger partial charge on any atom is 0.297 e. The van der Waals surface area contributed by atoms with Gasteiger partial charge in [-0.1, -0.05) is 12.1 Å². The molecule has 1 aromatic carbocycles. The van der Waals surface area contributed by atoms with Crippen molar-refractivity contribution in [1.82, 2.24) is 14.9 Å². The van der Waals surface area contributed by atoms with Crippen molar-refractivity contribution >= 4 is 17.8 Å². The number of rotatable bonds is 3. The summed E-state index contributed by atoms with van der Waals surface area (Å²) in [5, 5.41) is 12.5. The van der Waals surface area contributed by atoms with Crippen molar-refractivity contribution in [3.05, 3.63) is 51.7 Å². The normalized spacial score (nSPS) is 13.5. The summed E-state index contributed by atoms with van der Waals surface area (Å²) in [4.78, 5) is 41.4. The van der Waals surface area contributed by atoms with Crippen LogP contribution in [0.2, 0.25) is 0 Å². The molecule has 0 fully saturated rings. The third kappa shape index (κ3) is 3.08. The Morgan fingerprint density at radius 2 is 2.00 bits per heavy atom. The molecule has 25 heavy (non-hydrogen) atoms. The molecule has 0 spiro atoms. The molecule has 2 N–H and O–H groups in total. The lowest BCUT2D eigenvalue weighted by atomic mass is 10.2. The van der Waals surface area contributed by atoms with Gasteiger partial charge in [-0.05, 0) is 17.7 Å². The molecule has 0 radical (unpaired) electrons. The molecule has 0 saturated carbocycles. The number of hydrogen-bond acceptors (Lipinski definition) is 5. The van der Waals surface area contributed by atoms with E-state index in [9.17, 15) is 23.9 Å². The smallest absolute Gasteiger partial charge is 0.297 e. The maximum absolute atomic E-state index is 12.9. The molecular weight excluding hydrogens is 331 g/mol. The predicted octanol–water partition coefficient (Wildman–Crippen LogP) is 0.384. The summed E-state index contributed by atoms with van der Waals surface area (Å²) in [7, 11) is 1.44. The Hall–Kier alpha value is -3.23. The molecule has 0 aliphatic carbocycles. The maximum atomic E-state index is 12.9. The third-order valence-electron chi connectivity index (χ3n) is 3.93. The van der Waals surface area contributed by atoms with E-state index in [2.05, 4.69) is 10.3 Å². The molecule has 8 nitrogen and oxygen atoms in total. The van der Waals surface area contributed by atoms with Crippen LogP contribution in [0.4, 0.5) is 10.3 Å². The van der Waals surface area contributed by atoms with E-state index in [1.807, 2.05) is 0 Å². The number of anilines is 1. The molecule has 9 heteroatoms. The van der Waals surface area contributed by atoms with Gasteiger partial charge in [0.2, 0.25) is 17.6 Å². The molecule has 0 bridgehead atoms. The first-order valence-corrected chi connectivity index (χ1v) is 7.51. The van der Waals surface area contributed by atoms with Gasteiger partial charge >= 0.3 is 0 Å². The summed E-state index contributed by atoms with van der Waals surface area (Å²) in [5.41, 5.74) is -0.604. The molecule has 0 unspecified atom stereocenters. The van der Waals surface area contributed by atoms with Gasteiger partial charge in [-0.2, -0.15) is 0 Å². The van der Waals surface area contributed by atoms with E-state index in [4.69, 9.17) is 0 Å². The summed E-state index contributed by atoms with van der Waals surface area (Å²) >= 11 is 0. The second kappa shape index (κ2) is 6.34. The lowest BCUT2D eigenvalue weighted by Gasteiger charge is -2.26. The topological polar surface area (TPSA) is 105 Å². The standard InChI is InChI=1S/C16H15FN4O4/c1-20-11(22)6-7-21-15(25)13(23)12(19-16(20)21)14(24)18-8-9-2-4-10(17)5-3-9/h2-5,23H,6-8H2,1H3,(H,18,24). The molecule has 2 heterocycles. The third-order valence-corrected chi connectivity index (χ3v) is 3.93. The number of benzene rings is 1. The van der Waals surface area contributed by atoms with Gasteiger partial charge in [-0.3, -0.25) is 23.9 Å². The minimum absolute atomic E-state index is 0.00554. The quantitative estimate of drug-likeness (QED) is 0.836. The van der Waals surface area contributed by atoms with Crippen LogP contribution >= 0.6 is 0 Å². The first kappa shape index (κ1) is 16.6. The van der Waals surface area contributed by atoms with E-state index in [1.165, 1.54) is 36.2 Å². The van der Waals surface area contributed by atoms with Crippen LogP contribution in [0.15, 0.2) is 29.1 Å². The molecule has 130 valence electrons. The summed E-state index contributed by atoms with van der Waals surface area (Å²) in [6.07, 6.45) is 0.112. The van der Waals surface area contributed by atoms with Crippen LogP contribution in [0, 0.1) is 5.82 Å². The number of halogens is 1. The van der Waals surface area contributed by atoms with Crippen molar-refractivity contribution in [3.63, 3.8) is 0 Å². The number of nitrogens with one attached hydrogen (secondary N) is 1. The summed E-state index contributed by atoms with van der Waals surface area (Å²) < 4.78 is 14.0. The van der Waals surface area contributed by atoms with Gasteiger partial charge in [0.05, 0.1) is 0 Å². The number of aromatic nitrogens is 2. The highest BCUT2D eigenvalue weighted by atomic mass is 19.1. The lowest BCUT2D eigenvalue weighted by Crippen LogP contribution is -2.41. The van der Waals surface area contributed by atoms with Gasteiger partial charge in [-0.25, -0.2) is 9.37 Å². The van der Waals surface area contributed by atoms with Gasteiger partial charge in [0.1, 0.15) is 5.82 Å². The Morgan fingerprint density at radius 3 is 2.68 bits per heavy atom. The van der Waals surface area contributed by atoms with Gasteiger partial charge in [0, 0.05) is 26.6 Å². The predicted molar refractivity (Wildman–Crippen MR) is 85.8 cm³/mol. The van der Waals surface area contributed by atoms with E-state index in [0.29, 0.717) is 5.56 Å². The molecule has 2 aromatic rings. The van der Waals surface area contributed by atoms with Crippen molar-refractivity contribution in [2.45, 2.75) is 19.5 Å². The Bertz CT molecular complexity index is 908. The number of carbonyl (C=O) groups excluding carboxylic acids is 2. The van der Waals surface area contributed by atoms with Gasteiger partial charge in [0.15, 0.2) is 5.69 Å². The first-order chi connectivity index (χ1) is 11.9. The summed E-state index contributed by atoms with van der Waals surface area (Å²) in [6, 6.07) is 5.50. The number of carbonyl (C=O) groups is 2. The molecule has 0 saturated heterocycles. The van der Waals surface area contributed by atoms with Crippen LogP contribution in [0.5, 0.6) is 5.75 Å². The highest BCUT2D eigenvalue weighted by Crippen LogP contribution is 2.20. The second-order valence-electron chi connectivity index (χ2n) is 5.58. The molecular formula is C16H15FN4O4. The van der Waals surface area contributed by atoms with E-state index in [-0.39, 0.29) is 31.4 Å². The zero-order valence-electron chi connectivity index (χ0n) is 13.3. The van der Waals surface area contributed by atoms with Gasteiger partial charge < -0.3 is 10.4 Å². The minimum atomic E-state index is -0.781. The number of nitrogens with zero attached hydrogens (tertiary/aromatic N) is 3. The Kier molecular flexibility index (Phi) is 4.22. The number of aromatic hydroxyl groups is 1. The van der Waals surface area contributed by atoms with Crippen LogP contribution in [0.3, 0.4) is 0 Å². The zero-order valence-corrected chi connectivity index (χ0v) is 13.3. The van der Waals surface area contributed by atoms with Crippen LogP contribution < -0.4 is 15.8 Å². The van der Waals surface area contributed by atoms with Crippen LogP contribution in [0.25, 0.3) is 0 Å². The van der Waals surface area contributed by atoms with Crippen molar-refractivity contribution in [3.8, 4) is 5.75 Å². The number of hydrogen-bond donors (Lipinski definition) is 2. The lowest BCUT2D eigenvalue weighted by molar-refractivity contribution is -0.119. The minimum Gasteiger partial charge on any atom is -0.501 e. The van der Waals surface area contributed by atoms with E-state index in [0.717, 1.165) is 4.57 Å². The van der Waals surface area contributed by atoms with E-state index >= 15 is 0 Å². The Morgan fingerprint density at radius 1 is 1.32 bits per heavy atom. The van der Waals surface area contributed by atoms with Gasteiger partial charge in [-0.15, -0.1) is 0 Å². The average Bonchev–Trinajstić information content (AvgIpc) is 2.60. The number of fused-ring (bicyclic) bond motifs is 1. The molecule has 2 amide bonds. The fraction of sp³-hybridized carbons (Fsp3) is 0.250. The summed E-state index contributed by atoms with van der Waals surface area (Å²) in [5.74, 6) is -2.18. The molecule has 1 aliphatic heterocycles. The molecule has 1 aliphatic rings. The summed E-state index contributed by atoms with van der Waals surface area (Å²) in [6.45, 7) is 0.156. The van der Waals surface area contributed by atoms with Crippen LogP contribution in [-0.2, 0) is 17.9 Å². The van der Waals surface area contributed by atoms with E-state index < -0.39 is 28.7 Å². The first-order valence-electron chi connectivity index (χ1n) is 7.51. The molecule has 0 atom stereocenters. The fourth-order valence-electron chi connectivity index (χ4n) is 2.50. The SMILES string of the molecule is CN1C(=O)CCn2c1nc(C(=O)NCc1ccc(F)cc1)c(O)c2=O. The second-order valence-corrected chi connectivity index (χ2v) is 5.58.